The molecule has 3 heteroatoms. The lowest BCUT2D eigenvalue weighted by Crippen LogP contribution is -2.49. The second-order valence-electron chi connectivity index (χ2n) is 6.59. The summed E-state index contributed by atoms with van der Waals surface area (Å²) in [4.78, 5) is 5.05. The first-order valence-corrected chi connectivity index (χ1v) is 8.28. The minimum atomic E-state index is -0.107. The first-order chi connectivity index (χ1) is 9.15. The fourth-order valence-corrected chi connectivity index (χ4v) is 4.05. The van der Waals surface area contributed by atoms with Crippen LogP contribution < -0.4 is 0 Å². The molecule has 1 N–H and O–H groups in total. The zero-order chi connectivity index (χ0) is 13.8. The molecule has 1 aliphatic heterocycles. The van der Waals surface area contributed by atoms with E-state index in [1.165, 1.54) is 45.2 Å². The van der Waals surface area contributed by atoms with Crippen LogP contribution in [0.1, 0.15) is 52.4 Å². The van der Waals surface area contributed by atoms with Crippen LogP contribution in [0.15, 0.2) is 0 Å². The van der Waals surface area contributed by atoms with Gasteiger partial charge in [0.1, 0.15) is 0 Å². The van der Waals surface area contributed by atoms with Gasteiger partial charge in [-0.05, 0) is 58.2 Å². The number of aliphatic hydroxyl groups excluding tert-OH is 1. The SMILES string of the molecule is CCC1CCC(O)C(N(C)CC2CCCN2CC)C1. The topological polar surface area (TPSA) is 26.7 Å². The summed E-state index contributed by atoms with van der Waals surface area (Å²) >= 11 is 0. The number of hydrogen-bond acceptors (Lipinski definition) is 3. The van der Waals surface area contributed by atoms with Crippen LogP contribution in [-0.2, 0) is 0 Å². The van der Waals surface area contributed by atoms with E-state index in [0.29, 0.717) is 12.1 Å². The minimum absolute atomic E-state index is 0.107. The van der Waals surface area contributed by atoms with Crippen molar-refractivity contribution in [3.8, 4) is 0 Å². The molecular formula is C16H32N2O. The van der Waals surface area contributed by atoms with Crippen molar-refractivity contribution in [1.29, 1.82) is 0 Å². The first-order valence-electron chi connectivity index (χ1n) is 8.28. The van der Waals surface area contributed by atoms with Crippen LogP contribution in [0.3, 0.4) is 0 Å². The summed E-state index contributed by atoms with van der Waals surface area (Å²) in [5.41, 5.74) is 0. The van der Waals surface area contributed by atoms with E-state index in [0.717, 1.165) is 18.9 Å². The van der Waals surface area contributed by atoms with Crippen molar-refractivity contribution in [3.05, 3.63) is 0 Å². The van der Waals surface area contributed by atoms with Gasteiger partial charge in [-0.1, -0.05) is 20.3 Å². The average Bonchev–Trinajstić information content (AvgIpc) is 2.86. The molecular weight excluding hydrogens is 236 g/mol. The predicted octanol–water partition coefficient (Wildman–Crippen LogP) is 2.34. The number of aliphatic hydroxyl groups is 1. The second-order valence-corrected chi connectivity index (χ2v) is 6.59. The van der Waals surface area contributed by atoms with Crippen LogP contribution in [0.4, 0.5) is 0 Å². The van der Waals surface area contributed by atoms with Gasteiger partial charge in [0.2, 0.25) is 0 Å². The zero-order valence-electron chi connectivity index (χ0n) is 13.0. The average molecular weight is 268 g/mol. The quantitative estimate of drug-likeness (QED) is 0.829. The molecule has 0 amide bonds. The zero-order valence-corrected chi connectivity index (χ0v) is 13.0. The van der Waals surface area contributed by atoms with E-state index < -0.39 is 0 Å². The molecule has 1 saturated heterocycles. The lowest BCUT2D eigenvalue weighted by atomic mass is 9.81. The Labute approximate surface area is 119 Å². The maximum atomic E-state index is 10.3. The van der Waals surface area contributed by atoms with Gasteiger partial charge in [0.05, 0.1) is 6.10 Å². The van der Waals surface area contributed by atoms with Crippen molar-refractivity contribution in [2.24, 2.45) is 5.92 Å². The molecule has 2 fully saturated rings. The second kappa shape index (κ2) is 7.05. The standard InChI is InChI=1S/C16H32N2O/c1-4-13-8-9-16(19)15(11-13)17(3)12-14-7-6-10-18(14)5-2/h13-16,19H,4-12H2,1-3H3. The van der Waals surface area contributed by atoms with Crippen molar-refractivity contribution >= 4 is 0 Å². The third kappa shape index (κ3) is 3.71. The Bertz CT molecular complexity index is 271. The molecule has 0 radical (unpaired) electrons. The van der Waals surface area contributed by atoms with Crippen LogP contribution in [0, 0.1) is 5.92 Å². The monoisotopic (exact) mass is 268 g/mol. The van der Waals surface area contributed by atoms with E-state index in [1.807, 2.05) is 0 Å². The molecule has 2 aliphatic rings. The highest BCUT2D eigenvalue weighted by molar-refractivity contribution is 4.88. The summed E-state index contributed by atoms with van der Waals surface area (Å²) in [5, 5.41) is 10.3. The van der Waals surface area contributed by atoms with Gasteiger partial charge >= 0.3 is 0 Å². The van der Waals surface area contributed by atoms with Crippen molar-refractivity contribution in [1.82, 2.24) is 9.80 Å². The molecule has 1 saturated carbocycles. The smallest absolute Gasteiger partial charge is 0.0695 e. The van der Waals surface area contributed by atoms with Crippen molar-refractivity contribution < 1.29 is 5.11 Å². The van der Waals surface area contributed by atoms with E-state index in [2.05, 4.69) is 30.7 Å². The minimum Gasteiger partial charge on any atom is -0.391 e. The molecule has 2 rings (SSSR count). The lowest BCUT2D eigenvalue weighted by Gasteiger charge is -2.40. The van der Waals surface area contributed by atoms with Crippen LogP contribution in [-0.4, -0.2) is 59.8 Å². The van der Waals surface area contributed by atoms with Gasteiger partial charge in [0.15, 0.2) is 0 Å². The van der Waals surface area contributed by atoms with Gasteiger partial charge < -0.3 is 5.11 Å². The summed E-state index contributed by atoms with van der Waals surface area (Å²) in [6, 6.07) is 1.10. The molecule has 0 spiro atoms. The summed E-state index contributed by atoms with van der Waals surface area (Å²) in [6.45, 7) is 8.12. The third-order valence-corrected chi connectivity index (χ3v) is 5.44. The highest BCUT2D eigenvalue weighted by atomic mass is 16.3. The van der Waals surface area contributed by atoms with Crippen LogP contribution in [0.5, 0.6) is 0 Å². The van der Waals surface area contributed by atoms with Crippen molar-refractivity contribution in [2.75, 3.05) is 26.7 Å². The van der Waals surface area contributed by atoms with Gasteiger partial charge in [-0.25, -0.2) is 0 Å². The Morgan fingerprint density at radius 1 is 1.21 bits per heavy atom. The third-order valence-electron chi connectivity index (χ3n) is 5.44. The van der Waals surface area contributed by atoms with E-state index in [-0.39, 0.29) is 6.10 Å². The largest absolute Gasteiger partial charge is 0.391 e. The molecule has 112 valence electrons. The number of hydrogen-bond donors (Lipinski definition) is 1. The Balaban J connectivity index is 1.88. The van der Waals surface area contributed by atoms with Gasteiger partial charge in [-0.2, -0.15) is 0 Å². The summed E-state index contributed by atoms with van der Waals surface area (Å²) in [7, 11) is 2.22. The fourth-order valence-electron chi connectivity index (χ4n) is 4.05. The molecule has 1 heterocycles. The maximum Gasteiger partial charge on any atom is 0.0695 e. The Hall–Kier alpha value is -0.120. The van der Waals surface area contributed by atoms with E-state index in [1.54, 1.807) is 0 Å². The summed E-state index contributed by atoms with van der Waals surface area (Å²) < 4.78 is 0. The van der Waals surface area contributed by atoms with Crippen molar-refractivity contribution in [2.45, 2.75) is 70.6 Å². The van der Waals surface area contributed by atoms with E-state index in [9.17, 15) is 5.11 Å². The van der Waals surface area contributed by atoms with Crippen LogP contribution in [0.2, 0.25) is 0 Å². The molecule has 0 aromatic rings. The van der Waals surface area contributed by atoms with E-state index >= 15 is 0 Å². The molecule has 3 nitrogen and oxygen atoms in total. The molecule has 4 atom stereocenters. The van der Waals surface area contributed by atoms with Gasteiger partial charge in [0, 0.05) is 18.6 Å². The highest BCUT2D eigenvalue weighted by Crippen LogP contribution is 2.30. The first kappa shape index (κ1) is 15.3. The lowest BCUT2D eigenvalue weighted by molar-refractivity contribution is 0.00559. The fraction of sp³-hybridized carbons (Fsp3) is 1.00. The Morgan fingerprint density at radius 3 is 2.68 bits per heavy atom. The normalized spacial score (nSPS) is 37.1. The molecule has 0 aromatic carbocycles. The van der Waals surface area contributed by atoms with Gasteiger partial charge in [-0.3, -0.25) is 9.80 Å². The Morgan fingerprint density at radius 2 is 2.00 bits per heavy atom. The van der Waals surface area contributed by atoms with E-state index in [4.69, 9.17) is 0 Å². The number of likely N-dealkylation sites (tertiary alicyclic amines) is 1. The highest BCUT2D eigenvalue weighted by Gasteiger charge is 2.33. The number of rotatable bonds is 5. The summed E-state index contributed by atoms with van der Waals surface area (Å²) in [6.07, 6.45) is 7.23. The predicted molar refractivity (Wildman–Crippen MR) is 80.3 cm³/mol. The van der Waals surface area contributed by atoms with Crippen LogP contribution in [0.25, 0.3) is 0 Å². The maximum absolute atomic E-state index is 10.3. The molecule has 0 aromatic heterocycles. The Kier molecular flexibility index (Phi) is 5.67. The van der Waals surface area contributed by atoms with Crippen molar-refractivity contribution in [3.63, 3.8) is 0 Å². The molecule has 1 aliphatic carbocycles. The van der Waals surface area contributed by atoms with Gasteiger partial charge in [0.25, 0.3) is 0 Å². The number of nitrogens with zero attached hydrogens (tertiary/aromatic N) is 2. The van der Waals surface area contributed by atoms with Crippen LogP contribution >= 0.6 is 0 Å². The number of likely N-dealkylation sites (N-methyl/N-ethyl adjacent to an activating group) is 2. The molecule has 4 unspecified atom stereocenters. The van der Waals surface area contributed by atoms with Gasteiger partial charge in [-0.15, -0.1) is 0 Å². The molecule has 0 bridgehead atoms. The summed E-state index contributed by atoms with van der Waals surface area (Å²) in [5.74, 6) is 0.821. The molecule has 19 heavy (non-hydrogen) atoms.